The topological polar surface area (TPSA) is 224 Å². The number of hydrogen-bond acceptors (Lipinski definition) is 14. The standard InChI is InChI=1S/C40H49NO14/c1-16(30(44)21(6)37-28(40(50)51-10)32(46)23(8)39(49)55-37)12-11-13-17(2)38(48)41-29-20(5)36(54-24(9)43)25-26(33(29)47)31(45)22(7)35-27(25)34(52-15-53-35)18(3)14-19(4)42/h11-14,16,21,23,28,30,32,37,39,44,46-47,49H,15H2,1-10H3,(H,41,48)/b12-11-,17-13+,18-14+. The Morgan fingerprint density at radius 3 is 2.27 bits per heavy atom. The van der Waals surface area contributed by atoms with Gasteiger partial charge in [0.2, 0.25) is 6.79 Å². The van der Waals surface area contributed by atoms with E-state index in [-0.39, 0.29) is 68.9 Å². The normalized spacial score (nSPS) is 24.6. The monoisotopic (exact) mass is 767 g/mol. The molecule has 2 heterocycles. The molecule has 1 aromatic carbocycles. The van der Waals surface area contributed by atoms with Gasteiger partial charge in [-0.3, -0.25) is 24.0 Å². The SMILES string of the molecule is COC(=O)C1C(O)C(C)C(O)OC1C(C)C(O)C(C)/C=C\C=C(/C)C(=O)Nc1c(C)c(OC(C)=O)c2c(c1O)C(=O)C(C)=C1OCOC(/C(C)=C/C(C)=O)=C12. The minimum absolute atomic E-state index is 0.00756. The summed E-state index contributed by atoms with van der Waals surface area (Å²) >= 11 is 0. The van der Waals surface area contributed by atoms with E-state index in [1.54, 1.807) is 26.8 Å². The van der Waals surface area contributed by atoms with Crippen molar-refractivity contribution in [3.8, 4) is 11.5 Å². The molecule has 0 bridgehead atoms. The van der Waals surface area contributed by atoms with Crippen LogP contribution in [-0.2, 0) is 38.1 Å². The van der Waals surface area contributed by atoms with Crippen LogP contribution < -0.4 is 10.1 Å². The fourth-order valence-electron chi connectivity index (χ4n) is 6.98. The van der Waals surface area contributed by atoms with Gasteiger partial charge < -0.3 is 49.4 Å². The molecule has 15 heteroatoms. The van der Waals surface area contributed by atoms with Crippen LogP contribution in [0.1, 0.15) is 76.9 Å². The maximum atomic E-state index is 13.8. The molecule has 0 aromatic heterocycles. The largest absolute Gasteiger partial charge is 0.505 e. The fourth-order valence-corrected chi connectivity index (χ4v) is 6.98. The summed E-state index contributed by atoms with van der Waals surface area (Å²) in [6.45, 7) is 13.2. The second kappa shape index (κ2) is 17.1. The molecule has 1 aliphatic carbocycles. The summed E-state index contributed by atoms with van der Waals surface area (Å²) < 4.78 is 27.6. The quantitative estimate of drug-likeness (QED) is 0.0708. The zero-order valence-corrected chi connectivity index (χ0v) is 32.5. The molecule has 1 fully saturated rings. The Morgan fingerprint density at radius 2 is 1.67 bits per heavy atom. The Labute approximate surface area is 318 Å². The summed E-state index contributed by atoms with van der Waals surface area (Å²) in [5.41, 5.74) is 0.454. The van der Waals surface area contributed by atoms with Crippen LogP contribution in [0.15, 0.2) is 52.5 Å². The van der Waals surface area contributed by atoms with Crippen molar-refractivity contribution in [3.63, 3.8) is 0 Å². The number of phenolic OH excluding ortho intramolecular Hbond substituents is 1. The summed E-state index contributed by atoms with van der Waals surface area (Å²) in [5, 5.41) is 46.5. The number of ketones is 2. The van der Waals surface area contributed by atoms with Crippen molar-refractivity contribution < 1.29 is 68.1 Å². The third-order valence-electron chi connectivity index (χ3n) is 10.1. The first-order chi connectivity index (χ1) is 25.7. The Hall–Kier alpha value is -5.09. The number of anilines is 1. The van der Waals surface area contributed by atoms with Gasteiger partial charge in [0.15, 0.2) is 23.6 Å². The lowest BCUT2D eigenvalue weighted by molar-refractivity contribution is -0.262. The molecule has 3 aliphatic rings. The molecule has 1 amide bonds. The molecule has 298 valence electrons. The number of nitrogens with one attached hydrogen (secondary N) is 1. The molecule has 0 saturated carbocycles. The minimum Gasteiger partial charge on any atom is -0.505 e. The highest BCUT2D eigenvalue weighted by Crippen LogP contribution is 2.52. The van der Waals surface area contributed by atoms with Gasteiger partial charge in [0.25, 0.3) is 5.91 Å². The van der Waals surface area contributed by atoms with Gasteiger partial charge in [0, 0.05) is 47.0 Å². The molecule has 0 radical (unpaired) electrons. The van der Waals surface area contributed by atoms with Gasteiger partial charge in [-0.2, -0.15) is 0 Å². The number of fused-ring (bicyclic) bond motifs is 3. The number of aliphatic hydroxyl groups is 3. The number of methoxy groups -OCH3 is 1. The molecule has 55 heavy (non-hydrogen) atoms. The number of rotatable bonds is 11. The number of Topliss-reactive ketones (excluding diaryl/α,β-unsaturated/α-hetero) is 1. The van der Waals surface area contributed by atoms with Crippen molar-refractivity contribution in [2.24, 2.45) is 23.7 Å². The number of ether oxygens (including phenoxy) is 5. The van der Waals surface area contributed by atoms with Crippen LogP contribution >= 0.6 is 0 Å². The molecule has 15 nitrogen and oxygen atoms in total. The van der Waals surface area contributed by atoms with Crippen LogP contribution in [0.4, 0.5) is 5.69 Å². The Balaban J connectivity index is 1.66. The van der Waals surface area contributed by atoms with Gasteiger partial charge in [-0.15, -0.1) is 0 Å². The zero-order chi connectivity index (χ0) is 41.2. The van der Waals surface area contributed by atoms with E-state index in [1.807, 2.05) is 0 Å². The summed E-state index contributed by atoms with van der Waals surface area (Å²) in [6.07, 6.45) is 1.10. The Morgan fingerprint density at radius 1 is 1.02 bits per heavy atom. The highest BCUT2D eigenvalue weighted by Gasteiger charge is 2.50. The summed E-state index contributed by atoms with van der Waals surface area (Å²) in [6, 6.07) is 0. The molecule has 8 unspecified atom stereocenters. The summed E-state index contributed by atoms with van der Waals surface area (Å²) in [4.78, 5) is 64.2. The third-order valence-corrected chi connectivity index (χ3v) is 10.1. The number of aliphatic hydroxyl groups excluding tert-OH is 3. The Bertz CT molecular complexity index is 1930. The highest BCUT2D eigenvalue weighted by atomic mass is 16.7. The van der Waals surface area contributed by atoms with E-state index < -0.39 is 77.7 Å². The molecule has 2 aliphatic heterocycles. The molecule has 1 aromatic rings. The van der Waals surface area contributed by atoms with E-state index in [1.165, 1.54) is 60.0 Å². The lowest BCUT2D eigenvalue weighted by atomic mass is 9.76. The average Bonchev–Trinajstić information content (AvgIpc) is 3.13. The van der Waals surface area contributed by atoms with Gasteiger partial charge in [0.1, 0.15) is 23.2 Å². The second-order valence-electron chi connectivity index (χ2n) is 14.1. The van der Waals surface area contributed by atoms with Crippen molar-refractivity contribution in [2.75, 3.05) is 19.2 Å². The summed E-state index contributed by atoms with van der Waals surface area (Å²) in [5.74, 6) is -6.78. The number of aromatic hydroxyl groups is 1. The second-order valence-corrected chi connectivity index (χ2v) is 14.1. The van der Waals surface area contributed by atoms with Crippen molar-refractivity contribution in [3.05, 3.63) is 69.2 Å². The first kappa shape index (κ1) is 42.6. The van der Waals surface area contributed by atoms with Crippen LogP contribution in [-0.4, -0.2) is 88.3 Å². The van der Waals surface area contributed by atoms with Gasteiger partial charge in [-0.1, -0.05) is 39.0 Å². The van der Waals surface area contributed by atoms with Crippen molar-refractivity contribution >= 4 is 40.7 Å². The molecule has 5 N–H and O–H groups in total. The van der Waals surface area contributed by atoms with E-state index in [2.05, 4.69) is 5.32 Å². The molecule has 0 spiro atoms. The third kappa shape index (κ3) is 8.44. The summed E-state index contributed by atoms with van der Waals surface area (Å²) in [7, 11) is 1.17. The molecule has 1 saturated heterocycles. The van der Waals surface area contributed by atoms with Crippen LogP contribution in [0.3, 0.4) is 0 Å². The van der Waals surface area contributed by atoms with Gasteiger partial charge >= 0.3 is 11.9 Å². The number of phenols is 1. The number of benzene rings is 1. The van der Waals surface area contributed by atoms with Gasteiger partial charge in [-0.05, 0) is 46.3 Å². The number of carbonyl (C=O) groups is 5. The van der Waals surface area contributed by atoms with E-state index in [0.29, 0.717) is 5.57 Å². The lowest BCUT2D eigenvalue weighted by Gasteiger charge is -2.44. The smallest absolute Gasteiger partial charge is 0.313 e. The first-order valence-corrected chi connectivity index (χ1v) is 17.7. The van der Waals surface area contributed by atoms with Crippen molar-refractivity contribution in [1.82, 2.24) is 0 Å². The number of carbonyl (C=O) groups excluding carboxylic acids is 5. The number of hydrogen-bond donors (Lipinski definition) is 5. The van der Waals surface area contributed by atoms with Crippen molar-refractivity contribution in [1.29, 1.82) is 0 Å². The predicted molar refractivity (Wildman–Crippen MR) is 197 cm³/mol. The van der Waals surface area contributed by atoms with E-state index in [0.717, 1.165) is 6.92 Å². The van der Waals surface area contributed by atoms with Crippen LogP contribution in [0.2, 0.25) is 0 Å². The molecule has 8 atom stereocenters. The van der Waals surface area contributed by atoms with Gasteiger partial charge in [-0.25, -0.2) is 0 Å². The van der Waals surface area contributed by atoms with E-state index in [4.69, 9.17) is 23.7 Å². The number of amides is 1. The average molecular weight is 768 g/mol. The maximum Gasteiger partial charge on any atom is 0.313 e. The molecular formula is C40H49NO14. The number of allylic oxidation sites excluding steroid dienone is 6. The van der Waals surface area contributed by atoms with Crippen LogP contribution in [0.25, 0.3) is 5.57 Å². The lowest BCUT2D eigenvalue weighted by Crippen LogP contribution is -2.57. The highest BCUT2D eigenvalue weighted by molar-refractivity contribution is 6.21. The minimum atomic E-state index is -1.37. The fraction of sp³-hybridized carbons (Fsp3) is 0.475. The van der Waals surface area contributed by atoms with Crippen LogP contribution in [0.5, 0.6) is 11.5 Å². The van der Waals surface area contributed by atoms with Crippen LogP contribution in [0, 0.1) is 30.6 Å². The van der Waals surface area contributed by atoms with Crippen molar-refractivity contribution in [2.45, 2.75) is 86.9 Å². The zero-order valence-electron chi connectivity index (χ0n) is 32.5. The molecule has 4 rings (SSSR count). The van der Waals surface area contributed by atoms with Gasteiger partial charge in [0.05, 0.1) is 42.2 Å². The first-order valence-electron chi connectivity index (χ1n) is 17.7. The van der Waals surface area contributed by atoms with E-state index in [9.17, 15) is 44.4 Å². The predicted octanol–water partition coefficient (Wildman–Crippen LogP) is 3.92. The molecular weight excluding hydrogens is 718 g/mol. The van der Waals surface area contributed by atoms with E-state index >= 15 is 0 Å². The Kier molecular flexibility index (Phi) is 13.3. The number of esters is 2. The maximum absolute atomic E-state index is 13.8.